The van der Waals surface area contributed by atoms with Gasteiger partial charge in [-0.15, -0.1) is 0 Å². The first kappa shape index (κ1) is 27.1. The molecule has 12 heteroatoms. The summed E-state index contributed by atoms with van der Waals surface area (Å²) in [5.41, 5.74) is -0.318. The van der Waals surface area contributed by atoms with Gasteiger partial charge in [0.2, 0.25) is 0 Å². The van der Waals surface area contributed by atoms with Crippen LogP contribution in [0.5, 0.6) is 5.75 Å². The van der Waals surface area contributed by atoms with Gasteiger partial charge in [0.05, 0.1) is 0 Å². The van der Waals surface area contributed by atoms with E-state index in [2.05, 4.69) is 4.74 Å². The first-order valence-corrected chi connectivity index (χ1v) is 13.8. The second-order valence-electron chi connectivity index (χ2n) is 8.57. The molecular weight excluding hydrogens is 549 g/mol. The SMILES string of the molecule is COC(=O)N1C(O)(O)CC[C@@]1(C)C(=O)CN(C(=O)Oc1ccc(N[O-])cc1)C(C)(C)C[I-]C. The third-order valence-electron chi connectivity index (χ3n) is 5.65. The minimum atomic E-state index is -2.55. The van der Waals surface area contributed by atoms with Crippen LogP contribution in [0.4, 0.5) is 15.3 Å². The van der Waals surface area contributed by atoms with Crippen molar-refractivity contribution in [3.8, 4) is 5.75 Å². The molecule has 1 aromatic carbocycles. The average molecular weight is 579 g/mol. The predicted molar refractivity (Wildman–Crippen MR) is 115 cm³/mol. The molecule has 1 aliphatic rings. The monoisotopic (exact) mass is 579 g/mol. The van der Waals surface area contributed by atoms with Crippen molar-refractivity contribution >= 4 is 23.7 Å². The zero-order valence-electron chi connectivity index (χ0n) is 19.3. The zero-order valence-corrected chi connectivity index (χ0v) is 21.4. The second-order valence-corrected chi connectivity index (χ2v) is 10.9. The number of carbonyl (C=O) groups excluding carboxylic acids is 3. The van der Waals surface area contributed by atoms with Gasteiger partial charge in [-0.2, -0.15) is 0 Å². The third-order valence-corrected chi connectivity index (χ3v) is 8.28. The van der Waals surface area contributed by atoms with Gasteiger partial charge >= 0.3 is 203 Å². The van der Waals surface area contributed by atoms with Crippen molar-refractivity contribution in [1.29, 1.82) is 0 Å². The number of aliphatic hydroxyl groups is 2. The number of hydrogen-bond donors (Lipinski definition) is 3. The molecule has 186 valence electrons. The molecule has 1 heterocycles. The molecule has 1 atom stereocenters. The van der Waals surface area contributed by atoms with E-state index in [0.717, 1.165) is 7.11 Å². The van der Waals surface area contributed by atoms with Crippen LogP contribution in [-0.4, -0.2) is 78.0 Å². The Kier molecular flexibility index (Phi) is 8.54. The van der Waals surface area contributed by atoms with E-state index in [0.29, 0.717) is 15.0 Å². The molecule has 0 radical (unpaired) electrons. The Labute approximate surface area is 202 Å². The number of methoxy groups -OCH3 is 1. The summed E-state index contributed by atoms with van der Waals surface area (Å²) in [5, 5.41) is 31.3. The predicted octanol–water partition coefficient (Wildman–Crippen LogP) is -1.28. The normalized spacial score (nSPS) is 19.8. The molecule has 0 aromatic heterocycles. The van der Waals surface area contributed by atoms with Gasteiger partial charge in [-0.1, -0.05) is 0 Å². The van der Waals surface area contributed by atoms with Crippen LogP contribution in [0.3, 0.4) is 0 Å². The molecule has 1 aliphatic heterocycles. The third kappa shape index (κ3) is 5.86. The number of anilines is 1. The van der Waals surface area contributed by atoms with Crippen LogP contribution in [0.15, 0.2) is 24.3 Å². The number of ether oxygens (including phenoxy) is 2. The van der Waals surface area contributed by atoms with Gasteiger partial charge < -0.3 is 0 Å². The molecule has 0 unspecified atom stereocenters. The maximum absolute atomic E-state index is 13.4. The first-order chi connectivity index (χ1) is 15.3. The number of ketones is 1. The van der Waals surface area contributed by atoms with E-state index in [1.54, 1.807) is 5.48 Å². The molecule has 0 aliphatic carbocycles. The van der Waals surface area contributed by atoms with E-state index in [4.69, 9.17) is 4.74 Å². The Morgan fingerprint density at radius 2 is 1.85 bits per heavy atom. The Hall–Kier alpha value is -2.16. The van der Waals surface area contributed by atoms with Gasteiger partial charge in [0.1, 0.15) is 0 Å². The number of likely N-dealkylation sites (tertiary alicyclic amines) is 1. The maximum atomic E-state index is 13.4. The molecule has 0 spiro atoms. The number of nitrogens with zero attached hydrogens (tertiary/aromatic N) is 2. The zero-order chi connectivity index (χ0) is 25.0. The van der Waals surface area contributed by atoms with Crippen LogP contribution >= 0.6 is 0 Å². The summed E-state index contributed by atoms with van der Waals surface area (Å²) in [7, 11) is 1.08. The molecule has 1 fully saturated rings. The van der Waals surface area contributed by atoms with Gasteiger partial charge in [-0.3, -0.25) is 0 Å². The number of carbonyl (C=O) groups is 3. The number of benzene rings is 1. The van der Waals surface area contributed by atoms with E-state index in [-0.39, 0.29) is 39.8 Å². The van der Waals surface area contributed by atoms with Crippen LogP contribution in [0, 0.1) is 5.21 Å². The quantitative estimate of drug-likeness (QED) is 0.148. The number of halogens is 1. The van der Waals surface area contributed by atoms with Crippen molar-refractivity contribution in [1.82, 2.24) is 9.80 Å². The molecule has 11 nitrogen and oxygen atoms in total. The molecule has 0 saturated carbocycles. The summed E-state index contributed by atoms with van der Waals surface area (Å²) in [4.78, 5) is 42.8. The number of amides is 2. The Bertz CT molecular complexity index is 877. The summed E-state index contributed by atoms with van der Waals surface area (Å²) in [5.74, 6) is -2.93. The van der Waals surface area contributed by atoms with Crippen molar-refractivity contribution in [3.63, 3.8) is 0 Å². The number of Topliss-reactive ketones (excluding diaryl/α,β-unsaturated/α-hetero) is 1. The fourth-order valence-corrected chi connectivity index (χ4v) is 6.00. The van der Waals surface area contributed by atoms with E-state index in [9.17, 15) is 29.8 Å². The Morgan fingerprint density at radius 1 is 1.24 bits per heavy atom. The number of rotatable bonds is 8. The average Bonchev–Trinajstić information content (AvgIpc) is 3.01. The van der Waals surface area contributed by atoms with Crippen molar-refractivity contribution in [2.45, 2.75) is 50.6 Å². The molecular formula is C21H30IN3O8-2. The van der Waals surface area contributed by atoms with E-state index < -0.39 is 41.5 Å². The summed E-state index contributed by atoms with van der Waals surface area (Å²) >= 11 is -0.265. The molecule has 2 amide bonds. The summed E-state index contributed by atoms with van der Waals surface area (Å²) in [6, 6.07) is 5.79. The van der Waals surface area contributed by atoms with Crippen molar-refractivity contribution in [3.05, 3.63) is 29.5 Å². The van der Waals surface area contributed by atoms with Gasteiger partial charge in [0.25, 0.3) is 0 Å². The number of alkyl halides is 2. The fraction of sp³-hybridized carbons (Fsp3) is 0.571. The molecule has 1 aromatic rings. The Balaban J connectivity index is 2.33. The summed E-state index contributed by atoms with van der Waals surface area (Å²) < 4.78 is 10.8. The van der Waals surface area contributed by atoms with E-state index in [1.807, 2.05) is 18.8 Å². The molecule has 33 heavy (non-hydrogen) atoms. The molecule has 2 rings (SSSR count). The van der Waals surface area contributed by atoms with Crippen LogP contribution in [0.25, 0.3) is 0 Å². The van der Waals surface area contributed by atoms with Crippen LogP contribution in [0.1, 0.15) is 33.6 Å². The molecule has 0 bridgehead atoms. The summed E-state index contributed by atoms with van der Waals surface area (Å²) in [6.07, 6.45) is -2.12. The second kappa shape index (κ2) is 10.4. The van der Waals surface area contributed by atoms with Crippen molar-refractivity contribution in [2.24, 2.45) is 0 Å². The first-order valence-electron chi connectivity index (χ1n) is 10.1. The Morgan fingerprint density at radius 3 is 2.36 bits per heavy atom. The topological polar surface area (TPSA) is 152 Å². The van der Waals surface area contributed by atoms with E-state index in [1.165, 1.54) is 36.1 Å². The van der Waals surface area contributed by atoms with Crippen LogP contribution in [0.2, 0.25) is 0 Å². The minimum absolute atomic E-state index is 0.0262. The van der Waals surface area contributed by atoms with Gasteiger partial charge in [-0.25, -0.2) is 0 Å². The van der Waals surface area contributed by atoms with Gasteiger partial charge in [-0.05, 0) is 0 Å². The van der Waals surface area contributed by atoms with Crippen molar-refractivity contribution in [2.75, 3.05) is 28.5 Å². The standard InChI is InChI=1S/C21H30IN3O8/c1-19(2,13-22-4)24(17(27)33-15-8-6-14(23-31)7-9-15)12-16(26)20(3)10-11-21(29,30)25(20)18(28)32-5/h6-9,23,29-30H,10-13H2,1-5H3/q-2/t20-/m0/s1. The van der Waals surface area contributed by atoms with E-state index >= 15 is 0 Å². The van der Waals surface area contributed by atoms with Crippen molar-refractivity contribution < 1.29 is 55.3 Å². The fourth-order valence-electron chi connectivity index (χ4n) is 3.72. The van der Waals surface area contributed by atoms with Crippen LogP contribution < -0.4 is 31.4 Å². The number of hydrogen-bond acceptors (Lipinski definition) is 9. The van der Waals surface area contributed by atoms with Gasteiger partial charge in [0, 0.05) is 0 Å². The van der Waals surface area contributed by atoms with Gasteiger partial charge in [0.15, 0.2) is 0 Å². The molecule has 3 N–H and O–H groups in total. The summed E-state index contributed by atoms with van der Waals surface area (Å²) in [6.45, 7) is 4.62. The molecule has 1 saturated heterocycles. The van der Waals surface area contributed by atoms with Crippen LogP contribution in [-0.2, 0) is 9.53 Å². The number of nitrogens with one attached hydrogen (secondary N) is 1.